The highest BCUT2D eigenvalue weighted by atomic mass is 16.6. The van der Waals surface area contributed by atoms with Gasteiger partial charge < -0.3 is 19.6 Å². The van der Waals surface area contributed by atoms with E-state index in [1.165, 1.54) is 0 Å². The summed E-state index contributed by atoms with van der Waals surface area (Å²) in [5.41, 5.74) is 10.8. The van der Waals surface area contributed by atoms with Gasteiger partial charge in [0.25, 0.3) is 0 Å². The van der Waals surface area contributed by atoms with Gasteiger partial charge in [-0.1, -0.05) is 6.07 Å². The van der Waals surface area contributed by atoms with Crippen LogP contribution in [0.15, 0.2) is 36.5 Å². The SMILES string of the molecule is Cc1c(-c2ccc3c(c2)OCCO3)nc2ccc(CN)cn12. The van der Waals surface area contributed by atoms with Crippen molar-refractivity contribution in [2.24, 2.45) is 5.73 Å². The molecule has 1 aromatic carbocycles. The van der Waals surface area contributed by atoms with Crippen LogP contribution in [-0.4, -0.2) is 22.6 Å². The Morgan fingerprint density at radius 2 is 1.95 bits per heavy atom. The molecule has 1 aliphatic rings. The van der Waals surface area contributed by atoms with E-state index in [1.807, 2.05) is 36.5 Å². The lowest BCUT2D eigenvalue weighted by molar-refractivity contribution is 0.171. The molecular formula is C17H17N3O2. The topological polar surface area (TPSA) is 61.8 Å². The van der Waals surface area contributed by atoms with E-state index >= 15 is 0 Å². The lowest BCUT2D eigenvalue weighted by atomic mass is 10.1. The molecule has 1 aliphatic heterocycles. The Kier molecular flexibility index (Phi) is 3.01. The highest BCUT2D eigenvalue weighted by Crippen LogP contribution is 2.35. The van der Waals surface area contributed by atoms with Crippen LogP contribution in [-0.2, 0) is 6.54 Å². The maximum Gasteiger partial charge on any atom is 0.162 e. The Bertz CT molecular complexity index is 854. The Labute approximate surface area is 128 Å². The zero-order valence-corrected chi connectivity index (χ0v) is 12.4. The van der Waals surface area contributed by atoms with Crippen LogP contribution in [0.25, 0.3) is 16.9 Å². The number of pyridine rings is 1. The summed E-state index contributed by atoms with van der Waals surface area (Å²) in [5.74, 6) is 1.57. The number of benzene rings is 1. The molecule has 3 heterocycles. The molecule has 0 saturated heterocycles. The average Bonchev–Trinajstić information content (AvgIpc) is 2.90. The Balaban J connectivity index is 1.85. The Morgan fingerprint density at radius 3 is 2.77 bits per heavy atom. The first-order valence-electron chi connectivity index (χ1n) is 7.34. The number of aryl methyl sites for hydroxylation is 1. The van der Waals surface area contributed by atoms with Crippen LogP contribution in [0.3, 0.4) is 0 Å². The van der Waals surface area contributed by atoms with Crippen molar-refractivity contribution in [3.05, 3.63) is 47.8 Å². The molecule has 0 radical (unpaired) electrons. The van der Waals surface area contributed by atoms with Crippen molar-refractivity contribution in [2.75, 3.05) is 13.2 Å². The van der Waals surface area contributed by atoms with Gasteiger partial charge in [0.2, 0.25) is 0 Å². The molecule has 0 unspecified atom stereocenters. The van der Waals surface area contributed by atoms with E-state index in [4.69, 9.17) is 20.2 Å². The van der Waals surface area contributed by atoms with Crippen LogP contribution in [0, 0.1) is 6.92 Å². The molecule has 0 fully saturated rings. The number of imidazole rings is 1. The molecule has 4 rings (SSSR count). The van der Waals surface area contributed by atoms with E-state index in [2.05, 4.69) is 11.3 Å². The molecule has 2 N–H and O–H groups in total. The number of fused-ring (bicyclic) bond motifs is 2. The molecule has 5 heteroatoms. The quantitative estimate of drug-likeness (QED) is 0.789. The van der Waals surface area contributed by atoms with E-state index in [-0.39, 0.29) is 0 Å². The monoisotopic (exact) mass is 295 g/mol. The number of rotatable bonds is 2. The van der Waals surface area contributed by atoms with Crippen molar-refractivity contribution in [3.63, 3.8) is 0 Å². The molecular weight excluding hydrogens is 278 g/mol. The molecule has 0 aliphatic carbocycles. The van der Waals surface area contributed by atoms with Gasteiger partial charge in [-0.15, -0.1) is 0 Å². The average molecular weight is 295 g/mol. The maximum atomic E-state index is 5.72. The molecule has 112 valence electrons. The van der Waals surface area contributed by atoms with Gasteiger partial charge in [0.1, 0.15) is 18.9 Å². The third-order valence-electron chi connectivity index (χ3n) is 3.97. The van der Waals surface area contributed by atoms with E-state index in [0.717, 1.165) is 39.7 Å². The Hall–Kier alpha value is -2.53. The summed E-state index contributed by atoms with van der Waals surface area (Å²) in [6.07, 6.45) is 2.04. The highest BCUT2D eigenvalue weighted by Gasteiger charge is 2.16. The van der Waals surface area contributed by atoms with Gasteiger partial charge in [-0.3, -0.25) is 0 Å². The minimum atomic E-state index is 0.521. The van der Waals surface area contributed by atoms with Gasteiger partial charge >= 0.3 is 0 Å². The van der Waals surface area contributed by atoms with Crippen molar-refractivity contribution in [3.8, 4) is 22.8 Å². The van der Waals surface area contributed by atoms with Gasteiger partial charge in [-0.25, -0.2) is 4.98 Å². The summed E-state index contributed by atoms with van der Waals surface area (Å²) in [4.78, 5) is 4.73. The number of nitrogens with zero attached hydrogens (tertiary/aromatic N) is 2. The van der Waals surface area contributed by atoms with E-state index < -0.39 is 0 Å². The predicted molar refractivity (Wildman–Crippen MR) is 84.2 cm³/mol. The summed E-state index contributed by atoms with van der Waals surface area (Å²) in [5, 5.41) is 0. The summed E-state index contributed by atoms with van der Waals surface area (Å²) in [6, 6.07) is 9.96. The normalized spacial score (nSPS) is 13.5. The molecule has 22 heavy (non-hydrogen) atoms. The molecule has 2 aromatic heterocycles. The molecule has 0 amide bonds. The van der Waals surface area contributed by atoms with Crippen LogP contribution >= 0.6 is 0 Å². The minimum absolute atomic E-state index is 0.521. The zero-order chi connectivity index (χ0) is 15.1. The number of aromatic nitrogens is 2. The third kappa shape index (κ3) is 2.02. The molecule has 5 nitrogen and oxygen atoms in total. The first-order valence-corrected chi connectivity index (χ1v) is 7.34. The first kappa shape index (κ1) is 13.2. The number of hydrogen-bond donors (Lipinski definition) is 1. The molecule has 0 atom stereocenters. The standard InChI is InChI=1S/C17H17N3O2/c1-11-17(19-16-5-2-12(9-18)10-20(11)16)13-3-4-14-15(8-13)22-7-6-21-14/h2-5,8,10H,6-7,9,18H2,1H3. The summed E-state index contributed by atoms with van der Waals surface area (Å²) in [7, 11) is 0. The van der Waals surface area contributed by atoms with E-state index in [9.17, 15) is 0 Å². The van der Waals surface area contributed by atoms with Gasteiger partial charge in [-0.2, -0.15) is 0 Å². The van der Waals surface area contributed by atoms with Crippen LogP contribution < -0.4 is 15.2 Å². The van der Waals surface area contributed by atoms with Crippen LogP contribution in [0.2, 0.25) is 0 Å². The largest absolute Gasteiger partial charge is 0.486 e. The van der Waals surface area contributed by atoms with Gasteiger partial charge in [0.15, 0.2) is 11.5 Å². The Morgan fingerprint density at radius 1 is 1.14 bits per heavy atom. The van der Waals surface area contributed by atoms with Crippen molar-refractivity contribution in [2.45, 2.75) is 13.5 Å². The zero-order valence-electron chi connectivity index (χ0n) is 12.4. The third-order valence-corrected chi connectivity index (χ3v) is 3.97. The second kappa shape index (κ2) is 5.03. The maximum absolute atomic E-state index is 5.72. The van der Waals surface area contributed by atoms with E-state index in [0.29, 0.717) is 19.8 Å². The minimum Gasteiger partial charge on any atom is -0.486 e. The molecule has 0 saturated carbocycles. The van der Waals surface area contributed by atoms with Crippen molar-refractivity contribution >= 4 is 5.65 Å². The fraction of sp³-hybridized carbons (Fsp3) is 0.235. The number of nitrogens with two attached hydrogens (primary N) is 1. The van der Waals surface area contributed by atoms with Gasteiger partial charge in [0.05, 0.1) is 5.69 Å². The van der Waals surface area contributed by atoms with Crippen LogP contribution in [0.5, 0.6) is 11.5 Å². The second-order valence-electron chi connectivity index (χ2n) is 5.37. The fourth-order valence-electron chi connectivity index (χ4n) is 2.79. The number of ether oxygens (including phenoxy) is 2. The van der Waals surface area contributed by atoms with Crippen LogP contribution in [0.4, 0.5) is 0 Å². The smallest absolute Gasteiger partial charge is 0.162 e. The predicted octanol–water partition coefficient (Wildman–Crippen LogP) is 2.54. The van der Waals surface area contributed by atoms with Gasteiger partial charge in [0, 0.05) is 24.0 Å². The summed E-state index contributed by atoms with van der Waals surface area (Å²) in [6.45, 7) is 3.77. The first-order chi connectivity index (χ1) is 10.8. The van der Waals surface area contributed by atoms with Crippen LogP contribution in [0.1, 0.15) is 11.3 Å². The second-order valence-corrected chi connectivity index (χ2v) is 5.37. The summed E-state index contributed by atoms with van der Waals surface area (Å²) < 4.78 is 13.3. The van der Waals surface area contributed by atoms with Crippen molar-refractivity contribution in [1.29, 1.82) is 0 Å². The number of hydrogen-bond acceptors (Lipinski definition) is 4. The lowest BCUT2D eigenvalue weighted by Gasteiger charge is -2.18. The van der Waals surface area contributed by atoms with Gasteiger partial charge in [-0.05, 0) is 36.8 Å². The van der Waals surface area contributed by atoms with E-state index in [1.54, 1.807) is 0 Å². The molecule has 0 spiro atoms. The summed E-state index contributed by atoms with van der Waals surface area (Å²) >= 11 is 0. The molecule has 3 aromatic rings. The molecule has 0 bridgehead atoms. The van der Waals surface area contributed by atoms with Crippen molar-refractivity contribution in [1.82, 2.24) is 9.38 Å². The fourth-order valence-corrected chi connectivity index (χ4v) is 2.79. The highest BCUT2D eigenvalue weighted by molar-refractivity contribution is 5.69. The lowest BCUT2D eigenvalue weighted by Crippen LogP contribution is -2.15. The van der Waals surface area contributed by atoms with Crippen molar-refractivity contribution < 1.29 is 9.47 Å².